The lowest BCUT2D eigenvalue weighted by molar-refractivity contribution is -0.122. The summed E-state index contributed by atoms with van der Waals surface area (Å²) in [5, 5.41) is 8.74. The van der Waals surface area contributed by atoms with Gasteiger partial charge in [0.2, 0.25) is 11.8 Å². The number of aromatic nitrogens is 1. The van der Waals surface area contributed by atoms with Crippen molar-refractivity contribution in [3.05, 3.63) is 34.7 Å². The summed E-state index contributed by atoms with van der Waals surface area (Å²) in [5.74, 6) is -0.0306. The Morgan fingerprint density at radius 3 is 2.41 bits per heavy atom. The molecule has 1 aromatic heterocycles. The van der Waals surface area contributed by atoms with Crippen molar-refractivity contribution in [3.8, 4) is 11.3 Å². The smallest absolute Gasteiger partial charge is 0.234 e. The summed E-state index contributed by atoms with van der Waals surface area (Å²) in [5.41, 5.74) is 2.68. The predicted octanol–water partition coefficient (Wildman–Crippen LogP) is 3.36. The van der Waals surface area contributed by atoms with E-state index in [1.165, 1.54) is 0 Å². The fraction of sp³-hybridized carbons (Fsp3) is 0.450. The van der Waals surface area contributed by atoms with Gasteiger partial charge in [0.25, 0.3) is 0 Å². The molecular weight excluding hydrogens is 360 g/mol. The van der Waals surface area contributed by atoms with E-state index in [9.17, 15) is 9.59 Å². The van der Waals surface area contributed by atoms with Gasteiger partial charge in [-0.3, -0.25) is 14.5 Å². The minimum Gasteiger partial charge on any atom is -0.353 e. The van der Waals surface area contributed by atoms with Crippen LogP contribution in [0.25, 0.3) is 11.3 Å². The molecule has 0 saturated carbocycles. The molecule has 0 saturated heterocycles. The Kier molecular flexibility index (Phi) is 7.50. The van der Waals surface area contributed by atoms with E-state index in [4.69, 9.17) is 0 Å². The minimum absolute atomic E-state index is 0.00300. The van der Waals surface area contributed by atoms with Gasteiger partial charge in [-0.1, -0.05) is 26.0 Å². The van der Waals surface area contributed by atoms with Gasteiger partial charge in [0, 0.05) is 28.6 Å². The van der Waals surface area contributed by atoms with Gasteiger partial charge in [0.15, 0.2) is 0 Å². The van der Waals surface area contributed by atoms with Crippen LogP contribution < -0.4 is 10.6 Å². The van der Waals surface area contributed by atoms with Crippen LogP contribution in [-0.2, 0) is 16.1 Å². The minimum atomic E-state index is -0.0506. The standard InChI is InChI=1S/C20H28N4O2S/c1-13(2)20(26)22-16-8-6-15(7-9-16)17-12-27-19(23-17)11-24(5)10-18(25)21-14(3)4/h6-9,12-14H,10-11H2,1-5H3,(H,21,25)(H,22,26). The zero-order valence-corrected chi connectivity index (χ0v) is 17.4. The first-order valence-electron chi connectivity index (χ1n) is 9.08. The van der Waals surface area contributed by atoms with Crippen molar-refractivity contribution >= 4 is 28.8 Å². The van der Waals surface area contributed by atoms with Crippen molar-refractivity contribution in [2.24, 2.45) is 5.92 Å². The molecule has 0 aliphatic carbocycles. The molecule has 1 aromatic carbocycles. The molecule has 0 unspecified atom stereocenters. The van der Waals surface area contributed by atoms with Gasteiger partial charge in [-0.15, -0.1) is 11.3 Å². The van der Waals surface area contributed by atoms with E-state index < -0.39 is 0 Å². The van der Waals surface area contributed by atoms with E-state index in [2.05, 4.69) is 15.6 Å². The molecule has 0 fully saturated rings. The number of carbonyl (C=O) groups excluding carboxylic acids is 2. The van der Waals surface area contributed by atoms with Gasteiger partial charge in [-0.2, -0.15) is 0 Å². The van der Waals surface area contributed by atoms with Crippen LogP contribution in [0.15, 0.2) is 29.6 Å². The Labute approximate surface area is 165 Å². The van der Waals surface area contributed by atoms with Crippen LogP contribution >= 0.6 is 11.3 Å². The number of anilines is 1. The highest BCUT2D eigenvalue weighted by Gasteiger charge is 2.12. The van der Waals surface area contributed by atoms with Crippen LogP contribution in [0.3, 0.4) is 0 Å². The summed E-state index contributed by atoms with van der Waals surface area (Å²) in [6.07, 6.45) is 0. The number of nitrogens with zero attached hydrogens (tertiary/aromatic N) is 2. The fourth-order valence-corrected chi connectivity index (χ4v) is 3.31. The van der Waals surface area contributed by atoms with Gasteiger partial charge < -0.3 is 10.6 Å². The molecule has 7 heteroatoms. The maximum atomic E-state index is 11.8. The van der Waals surface area contributed by atoms with Crippen LogP contribution in [0.1, 0.15) is 32.7 Å². The topological polar surface area (TPSA) is 74.3 Å². The number of amides is 2. The number of likely N-dealkylation sites (N-methyl/N-ethyl adjacent to an activating group) is 1. The van der Waals surface area contributed by atoms with E-state index in [-0.39, 0.29) is 23.8 Å². The van der Waals surface area contributed by atoms with Crippen molar-refractivity contribution in [2.75, 3.05) is 18.9 Å². The first-order chi connectivity index (χ1) is 12.7. The maximum absolute atomic E-state index is 11.8. The van der Waals surface area contributed by atoms with Crippen molar-refractivity contribution in [1.29, 1.82) is 0 Å². The predicted molar refractivity (Wildman–Crippen MR) is 111 cm³/mol. The Bertz CT molecular complexity index is 769. The van der Waals surface area contributed by atoms with Gasteiger partial charge in [0.1, 0.15) is 5.01 Å². The molecule has 0 radical (unpaired) electrons. The van der Waals surface area contributed by atoms with E-state index in [1.807, 2.05) is 69.3 Å². The highest BCUT2D eigenvalue weighted by molar-refractivity contribution is 7.09. The Balaban J connectivity index is 1.95. The number of carbonyl (C=O) groups is 2. The number of benzene rings is 1. The third kappa shape index (κ3) is 6.77. The summed E-state index contributed by atoms with van der Waals surface area (Å²) in [6.45, 7) is 8.60. The van der Waals surface area contributed by atoms with Crippen molar-refractivity contribution in [3.63, 3.8) is 0 Å². The quantitative estimate of drug-likeness (QED) is 0.727. The summed E-state index contributed by atoms with van der Waals surface area (Å²) >= 11 is 1.58. The van der Waals surface area contributed by atoms with Gasteiger partial charge in [0.05, 0.1) is 18.8 Å². The average molecular weight is 389 g/mol. The zero-order valence-electron chi connectivity index (χ0n) is 16.6. The average Bonchev–Trinajstić information content (AvgIpc) is 3.02. The van der Waals surface area contributed by atoms with Crippen LogP contribution in [0.2, 0.25) is 0 Å². The monoisotopic (exact) mass is 388 g/mol. The van der Waals surface area contributed by atoms with E-state index >= 15 is 0 Å². The summed E-state index contributed by atoms with van der Waals surface area (Å²) in [7, 11) is 1.91. The van der Waals surface area contributed by atoms with Crippen molar-refractivity contribution < 1.29 is 9.59 Å². The second-order valence-corrected chi connectivity index (χ2v) is 8.18. The number of nitrogens with one attached hydrogen (secondary N) is 2. The van der Waals surface area contributed by atoms with E-state index in [0.29, 0.717) is 13.1 Å². The molecule has 27 heavy (non-hydrogen) atoms. The number of hydrogen-bond donors (Lipinski definition) is 2. The largest absolute Gasteiger partial charge is 0.353 e. The number of hydrogen-bond acceptors (Lipinski definition) is 5. The zero-order chi connectivity index (χ0) is 20.0. The molecule has 0 aliphatic heterocycles. The first kappa shape index (κ1) is 21.1. The summed E-state index contributed by atoms with van der Waals surface area (Å²) in [4.78, 5) is 30.2. The highest BCUT2D eigenvalue weighted by atomic mass is 32.1. The molecule has 0 atom stereocenters. The molecule has 2 amide bonds. The Morgan fingerprint density at radius 2 is 1.81 bits per heavy atom. The molecule has 2 rings (SSSR count). The third-order valence-electron chi connectivity index (χ3n) is 3.79. The van der Waals surface area contributed by atoms with Crippen LogP contribution in [0.5, 0.6) is 0 Å². The van der Waals surface area contributed by atoms with Gasteiger partial charge >= 0.3 is 0 Å². The van der Waals surface area contributed by atoms with E-state index in [1.54, 1.807) is 11.3 Å². The van der Waals surface area contributed by atoms with Gasteiger partial charge in [-0.05, 0) is 33.0 Å². The summed E-state index contributed by atoms with van der Waals surface area (Å²) in [6, 6.07) is 7.82. The van der Waals surface area contributed by atoms with E-state index in [0.717, 1.165) is 22.0 Å². The molecule has 2 aromatic rings. The lowest BCUT2D eigenvalue weighted by Crippen LogP contribution is -2.38. The Morgan fingerprint density at radius 1 is 1.15 bits per heavy atom. The second-order valence-electron chi connectivity index (χ2n) is 7.24. The lowest BCUT2D eigenvalue weighted by atomic mass is 10.1. The SMILES string of the molecule is CC(C)NC(=O)CN(C)Cc1nc(-c2ccc(NC(=O)C(C)C)cc2)cs1. The lowest BCUT2D eigenvalue weighted by Gasteiger charge is -2.16. The molecule has 0 aliphatic rings. The molecule has 1 heterocycles. The number of thiazole rings is 1. The summed E-state index contributed by atoms with van der Waals surface area (Å²) < 4.78 is 0. The van der Waals surface area contributed by atoms with Crippen molar-refractivity contribution in [2.45, 2.75) is 40.3 Å². The normalized spacial score (nSPS) is 11.3. The van der Waals surface area contributed by atoms with Gasteiger partial charge in [-0.25, -0.2) is 4.98 Å². The maximum Gasteiger partial charge on any atom is 0.234 e. The second kappa shape index (κ2) is 9.62. The van der Waals surface area contributed by atoms with Crippen LogP contribution in [-0.4, -0.2) is 41.3 Å². The van der Waals surface area contributed by atoms with Crippen LogP contribution in [0, 0.1) is 5.92 Å². The third-order valence-corrected chi connectivity index (χ3v) is 4.63. The number of rotatable bonds is 8. The molecular formula is C20H28N4O2S. The van der Waals surface area contributed by atoms with Crippen LogP contribution in [0.4, 0.5) is 5.69 Å². The Hall–Kier alpha value is -2.25. The molecule has 0 bridgehead atoms. The first-order valence-corrected chi connectivity index (χ1v) is 9.96. The molecule has 0 spiro atoms. The molecule has 2 N–H and O–H groups in total. The molecule has 6 nitrogen and oxygen atoms in total. The fourth-order valence-electron chi connectivity index (χ4n) is 2.43. The molecule has 146 valence electrons. The van der Waals surface area contributed by atoms with Crippen molar-refractivity contribution in [1.82, 2.24) is 15.2 Å². The highest BCUT2D eigenvalue weighted by Crippen LogP contribution is 2.24.